The third kappa shape index (κ3) is 1.30. The fourth-order valence-electron chi connectivity index (χ4n) is 1.33. The van der Waals surface area contributed by atoms with Crippen LogP contribution in [0.5, 0.6) is 5.75 Å². The average molecular weight is 164 g/mol. The van der Waals surface area contributed by atoms with Crippen LogP contribution in [0.4, 0.5) is 0 Å². The number of benzene rings is 1. The Kier molecular flexibility index (Phi) is 1.77. The van der Waals surface area contributed by atoms with E-state index in [-0.39, 0.29) is 0 Å². The summed E-state index contributed by atoms with van der Waals surface area (Å²) in [6.07, 6.45) is 0.703. The first-order valence-electron chi connectivity index (χ1n) is 4.10. The van der Waals surface area contributed by atoms with Gasteiger partial charge in [-0.3, -0.25) is 0 Å². The monoisotopic (exact) mass is 164 g/mol. The van der Waals surface area contributed by atoms with Gasteiger partial charge in [-0.1, -0.05) is 12.1 Å². The summed E-state index contributed by atoms with van der Waals surface area (Å²) < 4.78 is 10.4. The van der Waals surface area contributed by atoms with Crippen molar-refractivity contribution in [2.24, 2.45) is 0 Å². The first-order chi connectivity index (χ1) is 5.81. The molecule has 0 radical (unpaired) electrons. The first-order valence-corrected chi connectivity index (χ1v) is 4.10. The summed E-state index contributed by atoms with van der Waals surface area (Å²) in [5.41, 5.74) is 1.24. The second-order valence-corrected chi connectivity index (χ2v) is 3.03. The minimum Gasteiger partial charge on any atom is -0.497 e. The number of epoxide rings is 1. The quantitative estimate of drug-likeness (QED) is 0.625. The first kappa shape index (κ1) is 7.62. The Morgan fingerprint density at radius 1 is 1.25 bits per heavy atom. The van der Waals surface area contributed by atoms with Gasteiger partial charge in [0, 0.05) is 0 Å². The van der Waals surface area contributed by atoms with Crippen molar-refractivity contribution in [3.05, 3.63) is 29.8 Å². The van der Waals surface area contributed by atoms with Gasteiger partial charge in [0.2, 0.25) is 0 Å². The zero-order valence-electron chi connectivity index (χ0n) is 7.28. The number of hydrogen-bond acceptors (Lipinski definition) is 2. The summed E-state index contributed by atoms with van der Waals surface area (Å²) >= 11 is 0. The van der Waals surface area contributed by atoms with Crippen molar-refractivity contribution in [2.75, 3.05) is 7.11 Å². The minimum atomic E-state index is 0.316. The van der Waals surface area contributed by atoms with Crippen LogP contribution in [0.1, 0.15) is 18.6 Å². The minimum absolute atomic E-state index is 0.316. The van der Waals surface area contributed by atoms with Crippen molar-refractivity contribution in [3.63, 3.8) is 0 Å². The standard InChI is InChI=1S/C10H12O2/c1-7-10(12-7)8-3-5-9(11-2)6-4-8/h3-7,10H,1-2H3/t7-,10+/m0/s1. The van der Waals surface area contributed by atoms with Gasteiger partial charge >= 0.3 is 0 Å². The molecule has 64 valence electrons. The lowest BCUT2D eigenvalue weighted by atomic mass is 10.1. The molecule has 0 spiro atoms. The average Bonchev–Trinajstić information content (AvgIpc) is 2.83. The highest BCUT2D eigenvalue weighted by atomic mass is 16.6. The molecule has 0 aliphatic carbocycles. The molecule has 0 unspecified atom stereocenters. The zero-order valence-corrected chi connectivity index (χ0v) is 7.28. The van der Waals surface area contributed by atoms with E-state index in [1.807, 2.05) is 24.3 Å². The van der Waals surface area contributed by atoms with E-state index in [2.05, 4.69) is 6.92 Å². The zero-order chi connectivity index (χ0) is 8.55. The van der Waals surface area contributed by atoms with E-state index in [1.54, 1.807) is 7.11 Å². The van der Waals surface area contributed by atoms with Crippen LogP contribution in [0.25, 0.3) is 0 Å². The predicted molar refractivity (Wildman–Crippen MR) is 46.3 cm³/mol. The van der Waals surface area contributed by atoms with Gasteiger partial charge in [-0.2, -0.15) is 0 Å². The van der Waals surface area contributed by atoms with Crippen LogP contribution in [-0.2, 0) is 4.74 Å². The van der Waals surface area contributed by atoms with Crippen molar-refractivity contribution in [1.82, 2.24) is 0 Å². The second-order valence-electron chi connectivity index (χ2n) is 3.03. The summed E-state index contributed by atoms with van der Waals surface area (Å²) in [6, 6.07) is 8.02. The van der Waals surface area contributed by atoms with Gasteiger partial charge in [0.15, 0.2) is 0 Å². The molecule has 0 saturated carbocycles. The molecule has 0 bridgehead atoms. The van der Waals surface area contributed by atoms with E-state index in [0.717, 1.165) is 5.75 Å². The van der Waals surface area contributed by atoms with Gasteiger partial charge < -0.3 is 9.47 Å². The van der Waals surface area contributed by atoms with Crippen LogP contribution in [0, 0.1) is 0 Å². The van der Waals surface area contributed by atoms with Crippen LogP contribution in [0.2, 0.25) is 0 Å². The van der Waals surface area contributed by atoms with E-state index < -0.39 is 0 Å². The van der Waals surface area contributed by atoms with Crippen molar-refractivity contribution >= 4 is 0 Å². The summed E-state index contributed by atoms with van der Waals surface area (Å²) in [5, 5.41) is 0. The van der Waals surface area contributed by atoms with Gasteiger partial charge in [-0.05, 0) is 24.6 Å². The molecule has 1 fully saturated rings. The summed E-state index contributed by atoms with van der Waals surface area (Å²) in [5.74, 6) is 0.895. The molecule has 1 aliphatic heterocycles. The maximum absolute atomic E-state index is 5.34. The SMILES string of the molecule is COc1ccc([C@@H]2O[C@H]2C)cc1. The molecule has 1 heterocycles. The smallest absolute Gasteiger partial charge is 0.118 e. The molecule has 1 aromatic rings. The molecule has 2 nitrogen and oxygen atoms in total. The Hall–Kier alpha value is -1.02. The van der Waals surface area contributed by atoms with Gasteiger partial charge in [-0.25, -0.2) is 0 Å². The van der Waals surface area contributed by atoms with Gasteiger partial charge in [0.05, 0.1) is 13.2 Å². The number of methoxy groups -OCH3 is 1. The van der Waals surface area contributed by atoms with Crippen molar-refractivity contribution < 1.29 is 9.47 Å². The summed E-state index contributed by atoms with van der Waals surface area (Å²) in [7, 11) is 1.67. The lowest BCUT2D eigenvalue weighted by molar-refractivity contribution is 0.382. The normalized spacial score (nSPS) is 26.8. The second kappa shape index (κ2) is 2.79. The summed E-state index contributed by atoms with van der Waals surface area (Å²) in [4.78, 5) is 0. The molecule has 12 heavy (non-hydrogen) atoms. The van der Waals surface area contributed by atoms with E-state index in [9.17, 15) is 0 Å². The van der Waals surface area contributed by atoms with Gasteiger partial charge in [-0.15, -0.1) is 0 Å². The molecule has 1 aromatic carbocycles. The Morgan fingerprint density at radius 2 is 1.83 bits per heavy atom. The third-order valence-corrected chi connectivity index (χ3v) is 2.16. The van der Waals surface area contributed by atoms with Crippen molar-refractivity contribution in [3.8, 4) is 5.75 Å². The Balaban J connectivity index is 2.14. The molecular formula is C10H12O2. The molecule has 1 aliphatic rings. The number of ether oxygens (including phenoxy) is 2. The number of hydrogen-bond donors (Lipinski definition) is 0. The lowest BCUT2D eigenvalue weighted by Crippen LogP contribution is -1.85. The maximum Gasteiger partial charge on any atom is 0.118 e. The fraction of sp³-hybridized carbons (Fsp3) is 0.400. The third-order valence-electron chi connectivity index (χ3n) is 2.16. The molecule has 1 saturated heterocycles. The van der Waals surface area contributed by atoms with Crippen LogP contribution < -0.4 is 4.74 Å². The van der Waals surface area contributed by atoms with Crippen LogP contribution in [-0.4, -0.2) is 13.2 Å². The Bertz CT molecular complexity index is 266. The van der Waals surface area contributed by atoms with Gasteiger partial charge in [0.25, 0.3) is 0 Å². The van der Waals surface area contributed by atoms with Crippen molar-refractivity contribution in [2.45, 2.75) is 19.1 Å². The topological polar surface area (TPSA) is 21.8 Å². The molecule has 0 N–H and O–H groups in total. The Morgan fingerprint density at radius 3 is 2.25 bits per heavy atom. The molecule has 0 aromatic heterocycles. The van der Waals surface area contributed by atoms with Crippen LogP contribution in [0.15, 0.2) is 24.3 Å². The van der Waals surface area contributed by atoms with E-state index in [1.165, 1.54) is 5.56 Å². The van der Waals surface area contributed by atoms with E-state index in [4.69, 9.17) is 9.47 Å². The van der Waals surface area contributed by atoms with E-state index in [0.29, 0.717) is 12.2 Å². The van der Waals surface area contributed by atoms with Gasteiger partial charge in [0.1, 0.15) is 11.9 Å². The largest absolute Gasteiger partial charge is 0.497 e. The highest BCUT2D eigenvalue weighted by molar-refractivity contribution is 5.30. The fourth-order valence-corrected chi connectivity index (χ4v) is 1.33. The maximum atomic E-state index is 5.34. The van der Waals surface area contributed by atoms with Crippen molar-refractivity contribution in [1.29, 1.82) is 0 Å². The summed E-state index contributed by atoms with van der Waals surface area (Å²) in [6.45, 7) is 2.08. The molecule has 2 heteroatoms. The Labute approximate surface area is 72.1 Å². The molecule has 2 atom stereocenters. The molecule has 0 amide bonds. The van der Waals surface area contributed by atoms with Crippen LogP contribution >= 0.6 is 0 Å². The lowest BCUT2D eigenvalue weighted by Gasteiger charge is -1.99. The predicted octanol–water partition coefficient (Wildman–Crippen LogP) is 2.16. The highest BCUT2D eigenvalue weighted by Gasteiger charge is 2.35. The molecular weight excluding hydrogens is 152 g/mol. The molecule has 2 rings (SSSR count). The number of rotatable bonds is 2. The van der Waals surface area contributed by atoms with Crippen LogP contribution in [0.3, 0.4) is 0 Å². The van der Waals surface area contributed by atoms with E-state index >= 15 is 0 Å². The highest BCUT2D eigenvalue weighted by Crippen LogP contribution is 2.38.